The van der Waals surface area contributed by atoms with Crippen molar-refractivity contribution < 1.29 is 40.2 Å². The van der Waals surface area contributed by atoms with E-state index >= 15 is 0 Å². The minimum atomic E-state index is -4.81. The Morgan fingerprint density at radius 2 is 1.71 bits per heavy atom. The summed E-state index contributed by atoms with van der Waals surface area (Å²) in [6, 6.07) is 8.06. The van der Waals surface area contributed by atoms with Crippen LogP contribution in [0.2, 0.25) is 0 Å². The van der Waals surface area contributed by atoms with Crippen molar-refractivity contribution in [2.45, 2.75) is 30.2 Å². The summed E-state index contributed by atoms with van der Waals surface area (Å²) < 4.78 is 84.1. The van der Waals surface area contributed by atoms with Crippen molar-refractivity contribution in [1.29, 1.82) is 0 Å². The maximum Gasteiger partial charge on any atom is 0.573 e. The lowest BCUT2D eigenvalue weighted by atomic mass is 10.1. The first-order valence-corrected chi connectivity index (χ1v) is 11.1. The summed E-state index contributed by atoms with van der Waals surface area (Å²) in [6.07, 6.45) is -3.52. The number of sulfone groups is 1. The normalized spacial score (nSPS) is 15.6. The molecule has 1 aliphatic rings. The number of carbonyl (C=O) groups is 1. The zero-order chi connectivity index (χ0) is 22.8. The second-order valence-corrected chi connectivity index (χ2v) is 9.03. The Hall–Kier alpha value is -2.82. The number of hydrogen-bond acceptors (Lipinski definition) is 5. The molecule has 0 N–H and O–H groups in total. The van der Waals surface area contributed by atoms with Crippen molar-refractivity contribution in [2.24, 2.45) is 0 Å². The Labute approximate surface area is 176 Å². The minimum Gasteiger partial charge on any atom is -0.490 e. The van der Waals surface area contributed by atoms with Gasteiger partial charge in [-0.3, -0.25) is 4.79 Å². The molecule has 0 aliphatic carbocycles. The lowest BCUT2D eigenvalue weighted by Crippen LogP contribution is -2.42. The van der Waals surface area contributed by atoms with Gasteiger partial charge in [-0.05, 0) is 30.3 Å². The molecule has 0 atom stereocenters. The monoisotopic (exact) mass is 461 g/mol. The third kappa shape index (κ3) is 6.09. The molecule has 0 aromatic heterocycles. The van der Waals surface area contributed by atoms with E-state index in [2.05, 4.69) is 4.74 Å². The maximum absolute atomic E-state index is 13.6. The van der Waals surface area contributed by atoms with Crippen molar-refractivity contribution in [3.8, 4) is 11.5 Å². The highest BCUT2D eigenvalue weighted by atomic mass is 32.2. The summed E-state index contributed by atoms with van der Waals surface area (Å²) in [5, 5.41) is 0. The number of alkyl halides is 3. The molecule has 1 saturated heterocycles. The van der Waals surface area contributed by atoms with Crippen molar-refractivity contribution in [1.82, 2.24) is 4.90 Å². The van der Waals surface area contributed by atoms with Gasteiger partial charge in [0.2, 0.25) is 0 Å². The van der Waals surface area contributed by atoms with Crippen LogP contribution >= 0.6 is 0 Å². The van der Waals surface area contributed by atoms with Crippen LogP contribution < -0.4 is 9.47 Å². The van der Waals surface area contributed by atoms with Crippen LogP contribution in [-0.4, -0.2) is 51.0 Å². The third-order valence-electron chi connectivity index (χ3n) is 4.64. The molecule has 0 bridgehead atoms. The predicted molar refractivity (Wildman–Crippen MR) is 102 cm³/mol. The molecule has 0 saturated carbocycles. The van der Waals surface area contributed by atoms with E-state index < -0.39 is 33.7 Å². The van der Waals surface area contributed by atoms with Crippen molar-refractivity contribution in [2.75, 3.05) is 19.3 Å². The number of piperidine rings is 1. The molecule has 1 heterocycles. The van der Waals surface area contributed by atoms with Crippen LogP contribution in [0.4, 0.5) is 17.6 Å². The lowest BCUT2D eigenvalue weighted by Gasteiger charge is -2.32. The molecule has 0 spiro atoms. The molecule has 2 aromatic carbocycles. The van der Waals surface area contributed by atoms with Gasteiger partial charge in [0.15, 0.2) is 9.84 Å². The SMILES string of the molecule is CS(=O)(=O)c1ccc(F)cc1C(=O)N1CCC(Oc2cccc(OC(F)(F)F)c2)CC1. The van der Waals surface area contributed by atoms with Crippen LogP contribution in [-0.2, 0) is 9.84 Å². The number of halogens is 4. The highest BCUT2D eigenvalue weighted by molar-refractivity contribution is 7.90. The Morgan fingerprint density at radius 1 is 1.06 bits per heavy atom. The van der Waals surface area contributed by atoms with Crippen molar-refractivity contribution in [3.63, 3.8) is 0 Å². The molecule has 168 valence electrons. The van der Waals surface area contributed by atoms with Gasteiger partial charge in [0.1, 0.15) is 23.4 Å². The van der Waals surface area contributed by atoms with E-state index in [9.17, 15) is 30.8 Å². The number of nitrogens with zero attached hydrogens (tertiary/aromatic N) is 1. The Morgan fingerprint density at radius 3 is 2.32 bits per heavy atom. The van der Waals surface area contributed by atoms with Crippen molar-refractivity contribution >= 4 is 15.7 Å². The highest BCUT2D eigenvalue weighted by Gasteiger charge is 2.31. The van der Waals surface area contributed by atoms with Crippen LogP contribution in [0.25, 0.3) is 0 Å². The van der Waals surface area contributed by atoms with E-state index in [4.69, 9.17) is 4.74 Å². The largest absolute Gasteiger partial charge is 0.573 e. The number of ether oxygens (including phenoxy) is 2. The van der Waals surface area contributed by atoms with Gasteiger partial charge in [0.25, 0.3) is 5.91 Å². The number of likely N-dealkylation sites (tertiary alicyclic amines) is 1. The molecule has 0 radical (unpaired) electrons. The van der Waals surface area contributed by atoms with E-state index in [0.29, 0.717) is 12.8 Å². The van der Waals surface area contributed by atoms with Gasteiger partial charge in [-0.25, -0.2) is 12.8 Å². The zero-order valence-electron chi connectivity index (χ0n) is 16.4. The Bertz CT molecular complexity index is 1060. The summed E-state index contributed by atoms with van der Waals surface area (Å²) in [7, 11) is -3.73. The van der Waals surface area contributed by atoms with Gasteiger partial charge >= 0.3 is 6.36 Å². The molecule has 6 nitrogen and oxygen atoms in total. The number of carbonyl (C=O) groups excluding carboxylic acids is 1. The predicted octanol–water partition coefficient (Wildman–Crippen LogP) is 3.81. The molecular formula is C20H19F4NO5S. The average Bonchev–Trinajstić information content (AvgIpc) is 2.66. The van der Waals surface area contributed by atoms with E-state index in [-0.39, 0.29) is 35.4 Å². The Balaban J connectivity index is 1.65. The second kappa shape index (κ2) is 8.74. The summed E-state index contributed by atoms with van der Waals surface area (Å²) in [6.45, 7) is 0.421. The van der Waals surface area contributed by atoms with Gasteiger partial charge < -0.3 is 14.4 Å². The second-order valence-electron chi connectivity index (χ2n) is 7.04. The van der Waals surface area contributed by atoms with E-state index in [1.807, 2.05) is 0 Å². The smallest absolute Gasteiger partial charge is 0.490 e. The molecular weight excluding hydrogens is 442 g/mol. The fourth-order valence-electron chi connectivity index (χ4n) is 3.28. The van der Waals surface area contributed by atoms with Gasteiger partial charge in [-0.2, -0.15) is 0 Å². The molecule has 1 aliphatic heterocycles. The summed E-state index contributed by atoms with van der Waals surface area (Å²) >= 11 is 0. The fraction of sp³-hybridized carbons (Fsp3) is 0.350. The molecule has 11 heteroatoms. The number of rotatable bonds is 5. The quantitative estimate of drug-likeness (QED) is 0.500. The molecule has 1 fully saturated rings. The summed E-state index contributed by atoms with van der Waals surface area (Å²) in [4.78, 5) is 13.9. The first-order chi connectivity index (χ1) is 14.4. The van der Waals surface area contributed by atoms with Crippen molar-refractivity contribution in [3.05, 3.63) is 53.8 Å². The number of hydrogen-bond donors (Lipinski definition) is 0. The van der Waals surface area contributed by atoms with E-state index in [0.717, 1.165) is 36.6 Å². The standard InChI is InChI=1S/C20H19F4NO5S/c1-31(27,28)18-6-5-13(21)11-17(18)19(26)25-9-7-14(8-10-25)29-15-3-2-4-16(12-15)30-20(22,23)24/h2-6,11-12,14H,7-10H2,1H3. The van der Waals surface area contributed by atoms with Gasteiger partial charge in [0.05, 0.1) is 10.5 Å². The van der Waals surface area contributed by atoms with Gasteiger partial charge in [0, 0.05) is 38.3 Å². The van der Waals surface area contributed by atoms with Gasteiger partial charge in [-0.1, -0.05) is 6.07 Å². The van der Waals surface area contributed by atoms with Crippen LogP contribution in [0.15, 0.2) is 47.4 Å². The number of amides is 1. The van der Waals surface area contributed by atoms with Crippen LogP contribution in [0.5, 0.6) is 11.5 Å². The average molecular weight is 461 g/mol. The molecule has 0 unspecified atom stereocenters. The van der Waals surface area contributed by atoms with Crippen LogP contribution in [0.3, 0.4) is 0 Å². The molecule has 31 heavy (non-hydrogen) atoms. The highest BCUT2D eigenvalue weighted by Crippen LogP contribution is 2.28. The lowest BCUT2D eigenvalue weighted by molar-refractivity contribution is -0.274. The summed E-state index contributed by atoms with van der Waals surface area (Å²) in [5.41, 5.74) is -0.237. The first kappa shape index (κ1) is 22.9. The van der Waals surface area contributed by atoms with Gasteiger partial charge in [-0.15, -0.1) is 13.2 Å². The molecule has 3 rings (SSSR count). The third-order valence-corrected chi connectivity index (χ3v) is 5.80. The topological polar surface area (TPSA) is 72.9 Å². The molecule has 1 amide bonds. The summed E-state index contributed by atoms with van der Waals surface area (Å²) in [5.74, 6) is -1.55. The van der Waals surface area contributed by atoms with Crippen LogP contribution in [0.1, 0.15) is 23.2 Å². The maximum atomic E-state index is 13.6. The first-order valence-electron chi connectivity index (χ1n) is 9.24. The van der Waals surface area contributed by atoms with Crippen LogP contribution in [0, 0.1) is 5.82 Å². The van der Waals surface area contributed by atoms with E-state index in [1.54, 1.807) is 0 Å². The Kier molecular flexibility index (Phi) is 6.44. The number of benzene rings is 2. The zero-order valence-corrected chi connectivity index (χ0v) is 17.2. The fourth-order valence-corrected chi connectivity index (χ4v) is 4.14. The minimum absolute atomic E-state index is 0.191. The van der Waals surface area contributed by atoms with E-state index in [1.165, 1.54) is 17.0 Å². The molecule has 2 aromatic rings.